The van der Waals surface area contributed by atoms with Crippen LogP contribution in [0.5, 0.6) is 0 Å². The van der Waals surface area contributed by atoms with Crippen molar-refractivity contribution in [2.24, 2.45) is 0 Å². The monoisotopic (exact) mass is 479 g/mol. The van der Waals surface area contributed by atoms with Gasteiger partial charge in [0, 0.05) is 36.2 Å². The molecule has 0 bridgehead atoms. The molecule has 3 aromatic heterocycles. The molecular weight excluding hydrogens is 454 g/mol. The van der Waals surface area contributed by atoms with Gasteiger partial charge in [-0.3, -0.25) is 0 Å². The molecule has 0 radical (unpaired) electrons. The van der Waals surface area contributed by atoms with E-state index in [4.69, 9.17) is 20.6 Å². The molecule has 4 heterocycles. The van der Waals surface area contributed by atoms with Crippen molar-refractivity contribution in [1.29, 1.82) is 0 Å². The van der Waals surface area contributed by atoms with Crippen molar-refractivity contribution in [3.63, 3.8) is 0 Å². The fourth-order valence-electron chi connectivity index (χ4n) is 4.01. The summed E-state index contributed by atoms with van der Waals surface area (Å²) in [6.07, 6.45) is 8.05. The quantitative estimate of drug-likeness (QED) is 0.267. The summed E-state index contributed by atoms with van der Waals surface area (Å²) in [7, 11) is 0. The standard InChI is InChI=1S/C28H25N5O3/c1-20(35-27-5-3-4-16-34-27)28-30-14-15-33(28)19-24-17-25(36-32-24)23-11-8-21(9-12-23)6-7-22-10-13-26(29-2)31-18-22/h8-15,17-18,20,27H,3-5,16,19H2,1H3/t20-,27?/m0/s1. The third kappa shape index (κ3) is 5.69. The van der Waals surface area contributed by atoms with Gasteiger partial charge in [0.1, 0.15) is 23.8 Å². The van der Waals surface area contributed by atoms with Gasteiger partial charge in [0.25, 0.3) is 5.82 Å². The highest BCUT2D eigenvalue weighted by molar-refractivity contribution is 5.59. The van der Waals surface area contributed by atoms with Gasteiger partial charge in [-0.1, -0.05) is 29.6 Å². The average molecular weight is 480 g/mol. The summed E-state index contributed by atoms with van der Waals surface area (Å²) in [5.74, 6) is 8.05. The van der Waals surface area contributed by atoms with Crippen LogP contribution in [0, 0.1) is 18.4 Å². The van der Waals surface area contributed by atoms with Crippen LogP contribution in [0.2, 0.25) is 0 Å². The molecule has 1 aromatic carbocycles. The lowest BCUT2D eigenvalue weighted by molar-refractivity contribution is -0.188. The maximum atomic E-state index is 6.96. The van der Waals surface area contributed by atoms with Gasteiger partial charge < -0.3 is 23.4 Å². The summed E-state index contributed by atoms with van der Waals surface area (Å²) in [6, 6.07) is 13.2. The predicted molar refractivity (Wildman–Crippen MR) is 133 cm³/mol. The molecule has 0 spiro atoms. The third-order valence-electron chi connectivity index (χ3n) is 5.88. The molecule has 8 nitrogen and oxygen atoms in total. The smallest absolute Gasteiger partial charge is 0.269 e. The minimum Gasteiger partial charge on any atom is -0.361 e. The van der Waals surface area contributed by atoms with Gasteiger partial charge in [0.05, 0.1) is 12.1 Å². The summed E-state index contributed by atoms with van der Waals surface area (Å²) >= 11 is 0. The van der Waals surface area contributed by atoms with E-state index in [2.05, 4.69) is 31.8 Å². The summed E-state index contributed by atoms with van der Waals surface area (Å²) in [5, 5.41) is 4.25. The van der Waals surface area contributed by atoms with Crippen LogP contribution in [0.3, 0.4) is 0 Å². The minimum absolute atomic E-state index is 0.174. The maximum Gasteiger partial charge on any atom is 0.269 e. The Hall–Kier alpha value is -4.24. The SMILES string of the molecule is [C-]#[N+]c1ccc(C#Cc2ccc(-c3cc(Cn4ccnc4[C@H](C)OC4CCCCO4)no3)cc2)cn1. The molecule has 1 fully saturated rings. The fraction of sp³-hybridized carbons (Fsp3) is 0.286. The van der Waals surface area contributed by atoms with Gasteiger partial charge >= 0.3 is 0 Å². The molecule has 1 saturated heterocycles. The molecule has 36 heavy (non-hydrogen) atoms. The lowest BCUT2D eigenvalue weighted by Crippen LogP contribution is -2.24. The molecule has 2 atom stereocenters. The van der Waals surface area contributed by atoms with Gasteiger partial charge in [0.2, 0.25) is 0 Å². The van der Waals surface area contributed by atoms with Crippen molar-refractivity contribution in [1.82, 2.24) is 19.7 Å². The van der Waals surface area contributed by atoms with E-state index in [1.165, 1.54) is 0 Å². The zero-order chi connectivity index (χ0) is 24.7. The van der Waals surface area contributed by atoms with Gasteiger partial charge in [-0.2, -0.15) is 0 Å². The number of pyridine rings is 1. The van der Waals surface area contributed by atoms with Crippen molar-refractivity contribution in [2.75, 3.05) is 6.61 Å². The Morgan fingerprint density at radius 3 is 2.72 bits per heavy atom. The Morgan fingerprint density at radius 1 is 1.14 bits per heavy atom. The van der Waals surface area contributed by atoms with E-state index in [9.17, 15) is 0 Å². The molecule has 1 aliphatic rings. The van der Waals surface area contributed by atoms with Crippen LogP contribution in [-0.2, 0) is 16.0 Å². The second kappa shape index (κ2) is 11.0. The van der Waals surface area contributed by atoms with E-state index in [0.717, 1.165) is 54.1 Å². The molecule has 0 saturated carbocycles. The minimum atomic E-state index is -0.190. The second-order valence-corrected chi connectivity index (χ2v) is 8.51. The first kappa shape index (κ1) is 23.5. The highest BCUT2D eigenvalue weighted by Crippen LogP contribution is 2.25. The van der Waals surface area contributed by atoms with E-state index in [1.807, 2.05) is 48.0 Å². The van der Waals surface area contributed by atoms with Crippen molar-refractivity contribution < 1.29 is 14.0 Å². The molecule has 8 heteroatoms. The van der Waals surface area contributed by atoms with Crippen LogP contribution < -0.4 is 0 Å². The number of hydrogen-bond donors (Lipinski definition) is 0. The molecular formula is C28H25N5O3. The van der Waals surface area contributed by atoms with E-state index >= 15 is 0 Å². The van der Waals surface area contributed by atoms with Crippen molar-refractivity contribution in [3.8, 4) is 23.2 Å². The largest absolute Gasteiger partial charge is 0.361 e. The van der Waals surface area contributed by atoms with Crippen LogP contribution in [-0.4, -0.2) is 32.6 Å². The topological polar surface area (TPSA) is 79.6 Å². The second-order valence-electron chi connectivity index (χ2n) is 8.51. The molecule has 4 aromatic rings. The number of ether oxygens (including phenoxy) is 2. The molecule has 1 aliphatic heterocycles. The van der Waals surface area contributed by atoms with Crippen molar-refractivity contribution in [3.05, 3.63) is 95.1 Å². The summed E-state index contributed by atoms with van der Waals surface area (Å²) < 4.78 is 19.4. The fourth-order valence-corrected chi connectivity index (χ4v) is 4.01. The lowest BCUT2D eigenvalue weighted by atomic mass is 10.1. The number of hydrogen-bond acceptors (Lipinski definition) is 6. The van der Waals surface area contributed by atoms with E-state index in [1.54, 1.807) is 24.5 Å². The van der Waals surface area contributed by atoms with Gasteiger partial charge in [-0.05, 0) is 56.5 Å². The Balaban J connectivity index is 1.23. The molecule has 0 N–H and O–H groups in total. The summed E-state index contributed by atoms with van der Waals surface area (Å²) in [5.41, 5.74) is 3.34. The van der Waals surface area contributed by atoms with Gasteiger partial charge in [0.15, 0.2) is 12.1 Å². The Labute approximate surface area is 209 Å². The van der Waals surface area contributed by atoms with E-state index in [-0.39, 0.29) is 12.4 Å². The van der Waals surface area contributed by atoms with E-state index < -0.39 is 0 Å². The maximum absolute atomic E-state index is 6.96. The number of nitrogens with zero attached hydrogens (tertiary/aromatic N) is 5. The highest BCUT2D eigenvalue weighted by Gasteiger charge is 2.21. The lowest BCUT2D eigenvalue weighted by Gasteiger charge is -2.26. The normalized spacial score (nSPS) is 16.1. The number of imidazole rings is 1. The number of benzene rings is 1. The first-order chi connectivity index (χ1) is 17.7. The van der Waals surface area contributed by atoms with E-state index in [0.29, 0.717) is 18.1 Å². The summed E-state index contributed by atoms with van der Waals surface area (Å²) in [4.78, 5) is 11.8. The first-order valence-corrected chi connectivity index (χ1v) is 11.9. The molecule has 0 aliphatic carbocycles. The molecule has 5 rings (SSSR count). The average Bonchev–Trinajstić information content (AvgIpc) is 3.59. The van der Waals surface area contributed by atoms with Crippen LogP contribution >= 0.6 is 0 Å². The van der Waals surface area contributed by atoms with Gasteiger partial charge in [-0.25, -0.2) is 4.98 Å². The molecule has 0 amide bonds. The highest BCUT2D eigenvalue weighted by atomic mass is 16.7. The number of rotatable bonds is 6. The third-order valence-corrected chi connectivity index (χ3v) is 5.88. The summed E-state index contributed by atoms with van der Waals surface area (Å²) in [6.45, 7) is 10.2. The van der Waals surface area contributed by atoms with Crippen LogP contribution in [0.1, 0.15) is 54.9 Å². The van der Waals surface area contributed by atoms with Crippen molar-refractivity contribution in [2.45, 2.75) is 45.1 Å². The van der Waals surface area contributed by atoms with Gasteiger partial charge in [-0.15, -0.1) is 4.98 Å². The van der Waals surface area contributed by atoms with Crippen LogP contribution in [0.25, 0.3) is 16.2 Å². The Morgan fingerprint density at radius 2 is 1.97 bits per heavy atom. The zero-order valence-corrected chi connectivity index (χ0v) is 19.9. The van der Waals surface area contributed by atoms with Crippen LogP contribution in [0.15, 0.2) is 65.6 Å². The molecule has 180 valence electrons. The predicted octanol–water partition coefficient (Wildman–Crippen LogP) is 5.54. The Bertz CT molecular complexity index is 1400. The zero-order valence-electron chi connectivity index (χ0n) is 19.9. The molecule has 1 unspecified atom stereocenters. The Kier molecular flexibility index (Phi) is 7.18. The number of aromatic nitrogens is 4. The van der Waals surface area contributed by atoms with Crippen molar-refractivity contribution >= 4 is 5.82 Å². The van der Waals surface area contributed by atoms with Crippen LogP contribution in [0.4, 0.5) is 5.82 Å². The first-order valence-electron chi connectivity index (χ1n) is 11.9.